The van der Waals surface area contributed by atoms with Crippen LogP contribution < -0.4 is 5.32 Å². The minimum Gasteiger partial charge on any atom is -0.334 e. The SMILES string of the molecule is CCCn1ccnc1CNCC1(C)CCCS1. The third kappa shape index (κ3) is 3.49. The van der Waals surface area contributed by atoms with Gasteiger partial charge in [0.15, 0.2) is 0 Å². The van der Waals surface area contributed by atoms with Gasteiger partial charge in [-0.2, -0.15) is 11.8 Å². The zero-order valence-electron chi connectivity index (χ0n) is 10.9. The van der Waals surface area contributed by atoms with Crippen LogP contribution in [0.5, 0.6) is 0 Å². The van der Waals surface area contributed by atoms with E-state index in [0.717, 1.165) is 26.1 Å². The summed E-state index contributed by atoms with van der Waals surface area (Å²) < 4.78 is 2.69. The van der Waals surface area contributed by atoms with Gasteiger partial charge in [0, 0.05) is 30.2 Å². The highest BCUT2D eigenvalue weighted by atomic mass is 32.2. The summed E-state index contributed by atoms with van der Waals surface area (Å²) in [6.07, 6.45) is 7.85. The van der Waals surface area contributed by atoms with Gasteiger partial charge in [0.2, 0.25) is 0 Å². The summed E-state index contributed by atoms with van der Waals surface area (Å²) in [6.45, 7) is 7.63. The number of aryl methyl sites for hydroxylation is 1. The monoisotopic (exact) mass is 253 g/mol. The highest BCUT2D eigenvalue weighted by Crippen LogP contribution is 2.36. The van der Waals surface area contributed by atoms with Crippen molar-refractivity contribution < 1.29 is 0 Å². The molecule has 1 unspecified atom stereocenters. The molecule has 0 bridgehead atoms. The van der Waals surface area contributed by atoms with Crippen LogP contribution in [0, 0.1) is 0 Å². The highest BCUT2D eigenvalue weighted by Gasteiger charge is 2.28. The van der Waals surface area contributed by atoms with Crippen molar-refractivity contribution in [2.24, 2.45) is 0 Å². The Morgan fingerprint density at radius 2 is 2.47 bits per heavy atom. The van der Waals surface area contributed by atoms with Gasteiger partial charge in [0.25, 0.3) is 0 Å². The summed E-state index contributed by atoms with van der Waals surface area (Å²) in [5, 5.41) is 3.56. The maximum absolute atomic E-state index is 4.42. The summed E-state index contributed by atoms with van der Waals surface area (Å²) in [5.41, 5.74) is 0. The van der Waals surface area contributed by atoms with Crippen molar-refractivity contribution >= 4 is 11.8 Å². The minimum absolute atomic E-state index is 0.447. The fourth-order valence-corrected chi connectivity index (χ4v) is 3.64. The molecule has 4 heteroatoms. The van der Waals surface area contributed by atoms with E-state index in [4.69, 9.17) is 0 Å². The molecule has 1 N–H and O–H groups in total. The second-order valence-corrected chi connectivity index (χ2v) is 6.72. The standard InChI is InChI=1S/C13H23N3S/c1-3-7-16-8-6-15-12(16)10-14-11-13(2)5-4-9-17-13/h6,8,14H,3-5,7,9-11H2,1-2H3. The first-order valence-corrected chi connectivity index (χ1v) is 7.57. The number of rotatable bonds is 6. The zero-order valence-corrected chi connectivity index (χ0v) is 11.7. The van der Waals surface area contributed by atoms with Crippen molar-refractivity contribution in [2.45, 2.75) is 50.9 Å². The van der Waals surface area contributed by atoms with Gasteiger partial charge in [0.05, 0.1) is 6.54 Å². The van der Waals surface area contributed by atoms with E-state index in [9.17, 15) is 0 Å². The Bertz CT molecular complexity index is 342. The number of nitrogens with zero attached hydrogens (tertiary/aromatic N) is 2. The first-order chi connectivity index (χ1) is 8.23. The number of hydrogen-bond donors (Lipinski definition) is 1. The molecule has 1 aromatic heterocycles. The van der Waals surface area contributed by atoms with E-state index in [-0.39, 0.29) is 0 Å². The predicted molar refractivity (Wildman–Crippen MR) is 74.3 cm³/mol. The predicted octanol–water partition coefficient (Wildman–Crippen LogP) is 2.67. The molecule has 0 aliphatic carbocycles. The van der Waals surface area contributed by atoms with Gasteiger partial charge >= 0.3 is 0 Å². The number of thioether (sulfide) groups is 1. The number of aromatic nitrogens is 2. The van der Waals surface area contributed by atoms with Crippen LogP contribution in [0.25, 0.3) is 0 Å². The summed E-state index contributed by atoms with van der Waals surface area (Å²) in [6, 6.07) is 0. The fraction of sp³-hybridized carbons (Fsp3) is 0.769. The molecule has 1 aliphatic rings. The van der Waals surface area contributed by atoms with Gasteiger partial charge in [-0.3, -0.25) is 0 Å². The maximum Gasteiger partial charge on any atom is 0.122 e. The van der Waals surface area contributed by atoms with E-state index in [1.165, 1.54) is 24.4 Å². The van der Waals surface area contributed by atoms with Gasteiger partial charge in [0.1, 0.15) is 5.82 Å². The third-order valence-electron chi connectivity index (χ3n) is 3.35. The van der Waals surface area contributed by atoms with Crippen LogP contribution in [-0.2, 0) is 13.1 Å². The average molecular weight is 253 g/mol. The largest absolute Gasteiger partial charge is 0.334 e. The molecule has 2 rings (SSSR count). The van der Waals surface area contributed by atoms with Crippen molar-refractivity contribution in [2.75, 3.05) is 12.3 Å². The summed E-state index contributed by atoms with van der Waals surface area (Å²) in [7, 11) is 0. The second kappa shape index (κ2) is 5.91. The number of imidazole rings is 1. The van der Waals surface area contributed by atoms with E-state index >= 15 is 0 Å². The third-order valence-corrected chi connectivity index (χ3v) is 4.89. The van der Waals surface area contributed by atoms with Gasteiger partial charge < -0.3 is 9.88 Å². The van der Waals surface area contributed by atoms with Crippen molar-refractivity contribution in [3.63, 3.8) is 0 Å². The molecule has 3 nitrogen and oxygen atoms in total. The van der Waals surface area contributed by atoms with Crippen LogP contribution in [-0.4, -0.2) is 26.6 Å². The maximum atomic E-state index is 4.42. The average Bonchev–Trinajstić information content (AvgIpc) is 2.90. The lowest BCUT2D eigenvalue weighted by molar-refractivity contribution is 0.516. The van der Waals surface area contributed by atoms with Gasteiger partial charge in [-0.1, -0.05) is 6.92 Å². The molecule has 1 saturated heterocycles. The zero-order chi connectivity index (χ0) is 12.1. The molecule has 0 radical (unpaired) electrons. The first kappa shape index (κ1) is 13.0. The topological polar surface area (TPSA) is 29.9 Å². The number of hydrogen-bond acceptors (Lipinski definition) is 3. The Morgan fingerprint density at radius 3 is 3.18 bits per heavy atom. The van der Waals surface area contributed by atoms with Crippen LogP contribution in [0.15, 0.2) is 12.4 Å². The molecule has 1 aromatic rings. The summed E-state index contributed by atoms with van der Waals surface area (Å²) in [4.78, 5) is 4.42. The molecular formula is C13H23N3S. The van der Waals surface area contributed by atoms with Crippen molar-refractivity contribution in [1.82, 2.24) is 14.9 Å². The molecule has 1 aliphatic heterocycles. The van der Waals surface area contributed by atoms with E-state index in [2.05, 4.69) is 46.7 Å². The summed E-state index contributed by atoms with van der Waals surface area (Å²) in [5.74, 6) is 2.49. The molecule has 2 heterocycles. The van der Waals surface area contributed by atoms with Crippen molar-refractivity contribution in [1.29, 1.82) is 0 Å². The van der Waals surface area contributed by atoms with Crippen LogP contribution in [0.3, 0.4) is 0 Å². The molecule has 96 valence electrons. The highest BCUT2D eigenvalue weighted by molar-refractivity contribution is 8.00. The molecule has 1 atom stereocenters. The van der Waals surface area contributed by atoms with Gasteiger partial charge in [-0.05, 0) is 31.9 Å². The van der Waals surface area contributed by atoms with Crippen LogP contribution >= 0.6 is 11.8 Å². The van der Waals surface area contributed by atoms with E-state index in [1.54, 1.807) is 0 Å². The Kier molecular flexibility index (Phi) is 4.51. The smallest absolute Gasteiger partial charge is 0.122 e. The molecule has 0 saturated carbocycles. The van der Waals surface area contributed by atoms with Crippen LogP contribution in [0.1, 0.15) is 38.9 Å². The molecule has 0 amide bonds. The van der Waals surface area contributed by atoms with Gasteiger partial charge in [-0.15, -0.1) is 0 Å². The lowest BCUT2D eigenvalue weighted by Crippen LogP contribution is -2.33. The Morgan fingerprint density at radius 1 is 1.59 bits per heavy atom. The first-order valence-electron chi connectivity index (χ1n) is 6.58. The van der Waals surface area contributed by atoms with E-state index < -0.39 is 0 Å². The van der Waals surface area contributed by atoms with Crippen molar-refractivity contribution in [3.05, 3.63) is 18.2 Å². The Labute approximate surface area is 108 Å². The normalized spacial score (nSPS) is 24.4. The molecule has 1 fully saturated rings. The Balaban J connectivity index is 1.79. The second-order valence-electron chi connectivity index (χ2n) is 5.04. The van der Waals surface area contributed by atoms with E-state index in [0.29, 0.717) is 4.75 Å². The quantitative estimate of drug-likeness (QED) is 0.845. The van der Waals surface area contributed by atoms with Crippen LogP contribution in [0.4, 0.5) is 0 Å². The van der Waals surface area contributed by atoms with Crippen LogP contribution in [0.2, 0.25) is 0 Å². The molecule has 0 spiro atoms. The molecule has 0 aromatic carbocycles. The lowest BCUT2D eigenvalue weighted by Gasteiger charge is -2.22. The summed E-state index contributed by atoms with van der Waals surface area (Å²) >= 11 is 2.11. The number of nitrogens with one attached hydrogen (secondary N) is 1. The minimum atomic E-state index is 0.447. The van der Waals surface area contributed by atoms with Crippen molar-refractivity contribution in [3.8, 4) is 0 Å². The van der Waals surface area contributed by atoms with Gasteiger partial charge in [-0.25, -0.2) is 4.98 Å². The fourth-order valence-electron chi connectivity index (χ4n) is 2.37. The lowest BCUT2D eigenvalue weighted by atomic mass is 10.1. The Hall–Kier alpha value is -0.480. The van der Waals surface area contributed by atoms with E-state index in [1.807, 2.05) is 6.20 Å². The molecular weight excluding hydrogens is 230 g/mol. The molecule has 17 heavy (non-hydrogen) atoms.